The zero-order valence-electron chi connectivity index (χ0n) is 13.0. The average Bonchev–Trinajstić information content (AvgIpc) is 3.32. The number of carbonyl (C=O) groups excluding carboxylic acids is 1. The Kier molecular flexibility index (Phi) is 5.23. The van der Waals surface area contributed by atoms with Crippen molar-refractivity contribution in [3.8, 4) is 5.75 Å². The van der Waals surface area contributed by atoms with Gasteiger partial charge in [0.25, 0.3) is 0 Å². The Hall–Kier alpha value is -1.55. The first-order valence-electron chi connectivity index (χ1n) is 7.80. The zero-order chi connectivity index (χ0) is 15.3. The van der Waals surface area contributed by atoms with Crippen LogP contribution < -0.4 is 15.8 Å². The Bertz CT molecular complexity index is 468. The molecule has 4 nitrogen and oxygen atoms in total. The number of ether oxygens (including phenoxy) is 1. The third-order valence-corrected chi connectivity index (χ3v) is 4.20. The van der Waals surface area contributed by atoms with Gasteiger partial charge in [0, 0.05) is 13.0 Å². The fourth-order valence-electron chi connectivity index (χ4n) is 2.60. The number of hydrogen-bond acceptors (Lipinski definition) is 3. The highest BCUT2D eigenvalue weighted by Gasteiger charge is 2.41. The van der Waals surface area contributed by atoms with Crippen LogP contribution in [-0.4, -0.2) is 24.6 Å². The fraction of sp³-hybridized carbons (Fsp3) is 0.588. The SMILES string of the molecule is CCOc1ccc(CCC(=O)NC(C)(CN)C2CC2)cc1. The van der Waals surface area contributed by atoms with Crippen LogP contribution in [0.2, 0.25) is 0 Å². The number of aryl methyl sites for hydroxylation is 1. The summed E-state index contributed by atoms with van der Waals surface area (Å²) >= 11 is 0. The van der Waals surface area contributed by atoms with Gasteiger partial charge in [-0.1, -0.05) is 12.1 Å². The lowest BCUT2D eigenvalue weighted by atomic mass is 9.95. The molecule has 0 aromatic heterocycles. The molecule has 21 heavy (non-hydrogen) atoms. The van der Waals surface area contributed by atoms with Crippen molar-refractivity contribution in [1.82, 2.24) is 5.32 Å². The maximum atomic E-state index is 12.1. The van der Waals surface area contributed by atoms with Gasteiger partial charge in [-0.15, -0.1) is 0 Å². The van der Waals surface area contributed by atoms with Gasteiger partial charge in [0.1, 0.15) is 5.75 Å². The summed E-state index contributed by atoms with van der Waals surface area (Å²) in [5.41, 5.74) is 6.74. The quantitative estimate of drug-likeness (QED) is 0.772. The third kappa shape index (κ3) is 4.46. The van der Waals surface area contributed by atoms with Crippen molar-refractivity contribution >= 4 is 5.91 Å². The van der Waals surface area contributed by atoms with Crippen molar-refractivity contribution in [2.45, 2.75) is 45.1 Å². The second-order valence-corrected chi connectivity index (χ2v) is 6.02. The standard InChI is InChI=1S/C17H26N2O2/c1-3-21-15-9-4-13(5-10-15)6-11-16(20)19-17(2,12-18)14-7-8-14/h4-5,9-10,14H,3,6-8,11-12,18H2,1-2H3,(H,19,20). The van der Waals surface area contributed by atoms with E-state index in [1.54, 1.807) is 0 Å². The highest BCUT2D eigenvalue weighted by molar-refractivity contribution is 5.77. The molecule has 116 valence electrons. The molecule has 1 saturated carbocycles. The molecule has 0 bridgehead atoms. The zero-order valence-corrected chi connectivity index (χ0v) is 13.0. The van der Waals surface area contributed by atoms with E-state index in [1.807, 2.05) is 31.2 Å². The van der Waals surface area contributed by atoms with Crippen molar-refractivity contribution < 1.29 is 9.53 Å². The molecule has 1 aliphatic carbocycles. The Morgan fingerprint density at radius 2 is 2.05 bits per heavy atom. The Morgan fingerprint density at radius 1 is 1.38 bits per heavy atom. The molecule has 0 spiro atoms. The summed E-state index contributed by atoms with van der Waals surface area (Å²) in [7, 11) is 0. The molecule has 1 amide bonds. The molecule has 1 unspecified atom stereocenters. The first-order valence-corrected chi connectivity index (χ1v) is 7.80. The molecular formula is C17H26N2O2. The van der Waals surface area contributed by atoms with Gasteiger partial charge in [-0.25, -0.2) is 0 Å². The first kappa shape index (κ1) is 15.8. The van der Waals surface area contributed by atoms with Crippen molar-refractivity contribution in [2.24, 2.45) is 11.7 Å². The van der Waals surface area contributed by atoms with Crippen molar-refractivity contribution in [1.29, 1.82) is 0 Å². The Balaban J connectivity index is 1.80. The number of benzene rings is 1. The maximum absolute atomic E-state index is 12.1. The molecule has 1 aliphatic rings. The van der Waals surface area contributed by atoms with Crippen LogP contribution in [0.1, 0.15) is 38.7 Å². The van der Waals surface area contributed by atoms with Crippen LogP contribution in [0.15, 0.2) is 24.3 Å². The molecule has 1 fully saturated rings. The van der Waals surface area contributed by atoms with E-state index in [9.17, 15) is 4.79 Å². The van der Waals surface area contributed by atoms with E-state index < -0.39 is 0 Å². The van der Waals surface area contributed by atoms with E-state index in [1.165, 1.54) is 12.8 Å². The van der Waals surface area contributed by atoms with Crippen LogP contribution in [0.4, 0.5) is 0 Å². The summed E-state index contributed by atoms with van der Waals surface area (Å²) in [5, 5.41) is 3.12. The van der Waals surface area contributed by atoms with Crippen LogP contribution >= 0.6 is 0 Å². The number of hydrogen-bond donors (Lipinski definition) is 2. The van der Waals surface area contributed by atoms with Gasteiger partial charge >= 0.3 is 0 Å². The van der Waals surface area contributed by atoms with E-state index in [0.717, 1.165) is 17.7 Å². The van der Waals surface area contributed by atoms with Crippen molar-refractivity contribution in [2.75, 3.05) is 13.2 Å². The smallest absolute Gasteiger partial charge is 0.220 e. The third-order valence-electron chi connectivity index (χ3n) is 4.20. The van der Waals surface area contributed by atoms with Gasteiger partial charge in [-0.2, -0.15) is 0 Å². The van der Waals surface area contributed by atoms with E-state index in [0.29, 0.717) is 25.5 Å². The molecule has 0 saturated heterocycles. The summed E-state index contributed by atoms with van der Waals surface area (Å²) in [4.78, 5) is 12.1. The minimum Gasteiger partial charge on any atom is -0.494 e. The lowest BCUT2D eigenvalue weighted by molar-refractivity contribution is -0.123. The van der Waals surface area contributed by atoms with E-state index in [4.69, 9.17) is 10.5 Å². The molecular weight excluding hydrogens is 264 g/mol. The van der Waals surface area contributed by atoms with Crippen LogP contribution in [0.3, 0.4) is 0 Å². The number of nitrogens with two attached hydrogens (primary N) is 1. The maximum Gasteiger partial charge on any atom is 0.220 e. The molecule has 4 heteroatoms. The fourth-order valence-corrected chi connectivity index (χ4v) is 2.60. The number of carbonyl (C=O) groups is 1. The minimum atomic E-state index is -0.226. The molecule has 0 aliphatic heterocycles. The van der Waals surface area contributed by atoms with Crippen LogP contribution in [-0.2, 0) is 11.2 Å². The lowest BCUT2D eigenvalue weighted by Gasteiger charge is -2.29. The minimum absolute atomic E-state index is 0.0868. The molecule has 0 radical (unpaired) electrons. The second-order valence-electron chi connectivity index (χ2n) is 6.02. The van der Waals surface area contributed by atoms with E-state index in [2.05, 4.69) is 12.2 Å². The normalized spacial score (nSPS) is 17.1. The predicted octanol–water partition coefficient (Wildman–Crippen LogP) is 2.26. The van der Waals surface area contributed by atoms with Gasteiger partial charge in [0.2, 0.25) is 5.91 Å². The monoisotopic (exact) mass is 290 g/mol. The van der Waals surface area contributed by atoms with Crippen LogP contribution in [0.5, 0.6) is 5.75 Å². The summed E-state index contributed by atoms with van der Waals surface area (Å²) in [5.74, 6) is 1.51. The van der Waals surface area contributed by atoms with Crippen molar-refractivity contribution in [3.63, 3.8) is 0 Å². The predicted molar refractivity (Wildman–Crippen MR) is 84.3 cm³/mol. The Labute approximate surface area is 127 Å². The molecule has 1 aromatic rings. The highest BCUT2D eigenvalue weighted by Crippen LogP contribution is 2.39. The van der Waals surface area contributed by atoms with E-state index in [-0.39, 0.29) is 11.4 Å². The highest BCUT2D eigenvalue weighted by atomic mass is 16.5. The van der Waals surface area contributed by atoms with Gasteiger partial charge in [-0.05, 0) is 56.7 Å². The van der Waals surface area contributed by atoms with Gasteiger partial charge in [0.05, 0.1) is 12.1 Å². The summed E-state index contributed by atoms with van der Waals surface area (Å²) < 4.78 is 5.41. The van der Waals surface area contributed by atoms with Crippen molar-refractivity contribution in [3.05, 3.63) is 29.8 Å². The van der Waals surface area contributed by atoms with E-state index >= 15 is 0 Å². The number of rotatable bonds is 8. The van der Waals surface area contributed by atoms with Crippen LogP contribution in [0.25, 0.3) is 0 Å². The molecule has 2 rings (SSSR count). The number of amides is 1. The average molecular weight is 290 g/mol. The lowest BCUT2D eigenvalue weighted by Crippen LogP contribution is -2.53. The van der Waals surface area contributed by atoms with Gasteiger partial charge in [-0.3, -0.25) is 4.79 Å². The number of nitrogens with one attached hydrogen (secondary N) is 1. The van der Waals surface area contributed by atoms with Gasteiger partial charge < -0.3 is 15.8 Å². The summed E-state index contributed by atoms with van der Waals surface area (Å²) in [6, 6.07) is 7.93. The summed E-state index contributed by atoms with van der Waals surface area (Å²) in [6.07, 6.45) is 3.58. The largest absolute Gasteiger partial charge is 0.494 e. The summed E-state index contributed by atoms with van der Waals surface area (Å²) in [6.45, 7) is 5.19. The van der Waals surface area contributed by atoms with Crippen LogP contribution in [0, 0.1) is 5.92 Å². The molecule has 0 heterocycles. The Morgan fingerprint density at radius 3 is 2.57 bits per heavy atom. The molecule has 1 aromatic carbocycles. The van der Waals surface area contributed by atoms with Gasteiger partial charge in [0.15, 0.2) is 0 Å². The molecule has 3 N–H and O–H groups in total. The second kappa shape index (κ2) is 6.94. The molecule has 1 atom stereocenters. The first-order chi connectivity index (χ1) is 10.1. The topological polar surface area (TPSA) is 64.3 Å².